The summed E-state index contributed by atoms with van der Waals surface area (Å²) in [5, 5.41) is 8.63. The zero-order valence-corrected chi connectivity index (χ0v) is 9.49. The van der Waals surface area contributed by atoms with Crippen molar-refractivity contribution in [1.29, 1.82) is 5.26 Å². The van der Waals surface area contributed by atoms with Crippen molar-refractivity contribution in [3.05, 3.63) is 0 Å². The van der Waals surface area contributed by atoms with Crippen LogP contribution < -0.4 is 0 Å². The Morgan fingerprint density at radius 1 is 1.46 bits per heavy atom. The van der Waals surface area contributed by atoms with E-state index in [-0.39, 0.29) is 0 Å². The average Bonchev–Trinajstić information content (AvgIpc) is 2.80. The number of nitrogens with zero attached hydrogens (tertiary/aromatic N) is 1. The van der Waals surface area contributed by atoms with E-state index in [0.717, 1.165) is 12.3 Å². The van der Waals surface area contributed by atoms with Gasteiger partial charge in [-0.1, -0.05) is 13.8 Å². The lowest BCUT2D eigenvalue weighted by Gasteiger charge is -2.10. The zero-order valence-electron chi connectivity index (χ0n) is 8.68. The highest BCUT2D eigenvalue weighted by Gasteiger charge is 2.41. The molecule has 0 bridgehead atoms. The summed E-state index contributed by atoms with van der Waals surface area (Å²) < 4.78 is 0. The second-order valence-corrected chi connectivity index (χ2v) is 5.68. The van der Waals surface area contributed by atoms with Crippen molar-refractivity contribution in [2.75, 3.05) is 11.5 Å². The zero-order chi connectivity index (χ0) is 9.73. The third kappa shape index (κ3) is 4.04. The second kappa shape index (κ2) is 4.91. The van der Waals surface area contributed by atoms with E-state index in [2.05, 4.69) is 19.9 Å². The van der Waals surface area contributed by atoms with E-state index in [4.69, 9.17) is 5.26 Å². The molecule has 1 fully saturated rings. The minimum atomic E-state index is 0.441. The summed E-state index contributed by atoms with van der Waals surface area (Å²) in [6, 6.07) is 2.31. The molecule has 1 rings (SSSR count). The van der Waals surface area contributed by atoms with Gasteiger partial charge in [0.05, 0.1) is 6.07 Å². The molecule has 0 spiro atoms. The first-order valence-corrected chi connectivity index (χ1v) is 6.29. The molecule has 0 aromatic heterocycles. The third-order valence-electron chi connectivity index (χ3n) is 2.66. The maximum Gasteiger partial charge on any atom is 0.0627 e. The lowest BCUT2D eigenvalue weighted by molar-refractivity contribution is 0.599. The number of hydrogen-bond acceptors (Lipinski definition) is 2. The van der Waals surface area contributed by atoms with E-state index >= 15 is 0 Å². The highest BCUT2D eigenvalue weighted by molar-refractivity contribution is 7.99. The topological polar surface area (TPSA) is 23.8 Å². The molecular weight excluding hydrogens is 178 g/mol. The predicted octanol–water partition coefficient (Wildman–Crippen LogP) is 3.46. The molecule has 0 atom stereocenters. The molecule has 13 heavy (non-hydrogen) atoms. The van der Waals surface area contributed by atoms with Crippen LogP contribution in [0.5, 0.6) is 0 Å². The van der Waals surface area contributed by atoms with Crippen molar-refractivity contribution in [3.8, 4) is 6.07 Å². The fourth-order valence-electron chi connectivity index (χ4n) is 1.32. The minimum Gasteiger partial charge on any atom is -0.198 e. The third-order valence-corrected chi connectivity index (χ3v) is 4.00. The van der Waals surface area contributed by atoms with Crippen LogP contribution in [-0.4, -0.2) is 11.5 Å². The van der Waals surface area contributed by atoms with Gasteiger partial charge in [-0.2, -0.15) is 17.0 Å². The molecule has 0 unspecified atom stereocenters. The Morgan fingerprint density at radius 2 is 2.15 bits per heavy atom. The van der Waals surface area contributed by atoms with Crippen LogP contribution in [0.3, 0.4) is 0 Å². The van der Waals surface area contributed by atoms with Crippen LogP contribution in [-0.2, 0) is 0 Å². The maximum atomic E-state index is 8.63. The molecular formula is C11H19NS. The fraction of sp³-hybridized carbons (Fsp3) is 0.909. The number of thioether (sulfide) groups is 1. The van der Waals surface area contributed by atoms with Crippen molar-refractivity contribution >= 4 is 11.8 Å². The SMILES string of the molecule is CC(C)CCSCC1(CC#N)CC1. The maximum absolute atomic E-state index is 8.63. The van der Waals surface area contributed by atoms with Crippen molar-refractivity contribution in [2.24, 2.45) is 11.3 Å². The Labute approximate surface area is 85.9 Å². The number of rotatable bonds is 6. The molecule has 1 aliphatic carbocycles. The number of hydrogen-bond donors (Lipinski definition) is 0. The lowest BCUT2D eigenvalue weighted by atomic mass is 10.1. The Kier molecular flexibility index (Phi) is 4.12. The molecule has 0 heterocycles. The highest BCUT2D eigenvalue weighted by atomic mass is 32.2. The van der Waals surface area contributed by atoms with Crippen LogP contribution >= 0.6 is 11.8 Å². The van der Waals surface area contributed by atoms with Gasteiger partial charge in [-0.25, -0.2) is 0 Å². The van der Waals surface area contributed by atoms with Gasteiger partial charge in [0.15, 0.2) is 0 Å². The molecule has 0 amide bonds. The average molecular weight is 197 g/mol. The van der Waals surface area contributed by atoms with Gasteiger partial charge in [-0.05, 0) is 42.1 Å². The lowest BCUT2D eigenvalue weighted by Crippen LogP contribution is -2.03. The molecule has 0 saturated heterocycles. The van der Waals surface area contributed by atoms with Crippen molar-refractivity contribution in [2.45, 2.75) is 39.5 Å². The molecule has 2 heteroatoms. The molecule has 1 nitrogen and oxygen atoms in total. The van der Waals surface area contributed by atoms with Gasteiger partial charge in [0.25, 0.3) is 0 Å². The highest BCUT2D eigenvalue weighted by Crippen LogP contribution is 2.50. The molecule has 0 radical (unpaired) electrons. The summed E-state index contributed by atoms with van der Waals surface area (Å²) in [5.74, 6) is 3.30. The van der Waals surface area contributed by atoms with Crippen LogP contribution in [0.25, 0.3) is 0 Å². The Morgan fingerprint density at radius 3 is 2.62 bits per heavy atom. The van der Waals surface area contributed by atoms with Crippen molar-refractivity contribution < 1.29 is 0 Å². The van der Waals surface area contributed by atoms with Crippen LogP contribution in [0.1, 0.15) is 39.5 Å². The normalized spacial score (nSPS) is 18.6. The van der Waals surface area contributed by atoms with E-state index in [1.165, 1.54) is 30.8 Å². The van der Waals surface area contributed by atoms with Crippen molar-refractivity contribution in [3.63, 3.8) is 0 Å². The second-order valence-electron chi connectivity index (χ2n) is 4.57. The minimum absolute atomic E-state index is 0.441. The standard InChI is InChI=1S/C11H19NS/c1-10(2)3-8-13-9-11(4-5-11)6-7-12/h10H,3-6,8-9H2,1-2H3. The monoisotopic (exact) mass is 197 g/mol. The predicted molar refractivity (Wildman–Crippen MR) is 58.7 cm³/mol. The molecule has 0 aromatic rings. The Hall–Kier alpha value is -0.160. The smallest absolute Gasteiger partial charge is 0.0627 e. The molecule has 0 N–H and O–H groups in total. The van der Waals surface area contributed by atoms with E-state index in [1.54, 1.807) is 0 Å². The van der Waals surface area contributed by atoms with Crippen LogP contribution in [0, 0.1) is 22.7 Å². The first-order chi connectivity index (χ1) is 6.18. The molecule has 74 valence electrons. The van der Waals surface area contributed by atoms with Crippen molar-refractivity contribution in [1.82, 2.24) is 0 Å². The summed E-state index contributed by atoms with van der Waals surface area (Å²) in [6.45, 7) is 4.53. The number of nitriles is 1. The van der Waals surface area contributed by atoms with Crippen LogP contribution in [0.15, 0.2) is 0 Å². The fourth-order valence-corrected chi connectivity index (χ4v) is 2.93. The van der Waals surface area contributed by atoms with Gasteiger partial charge in [0, 0.05) is 6.42 Å². The van der Waals surface area contributed by atoms with Gasteiger partial charge in [0.1, 0.15) is 0 Å². The van der Waals surface area contributed by atoms with E-state index in [0.29, 0.717) is 5.41 Å². The largest absolute Gasteiger partial charge is 0.198 e. The van der Waals surface area contributed by atoms with Crippen LogP contribution in [0.4, 0.5) is 0 Å². The van der Waals surface area contributed by atoms with Crippen LogP contribution in [0.2, 0.25) is 0 Å². The first-order valence-electron chi connectivity index (χ1n) is 5.13. The van der Waals surface area contributed by atoms with E-state index < -0.39 is 0 Å². The Balaban J connectivity index is 2.03. The summed E-state index contributed by atoms with van der Waals surface area (Å²) in [6.07, 6.45) is 4.67. The van der Waals surface area contributed by atoms with Gasteiger partial charge in [0.2, 0.25) is 0 Å². The molecule has 1 aliphatic rings. The van der Waals surface area contributed by atoms with Gasteiger partial charge >= 0.3 is 0 Å². The van der Waals surface area contributed by atoms with Gasteiger partial charge < -0.3 is 0 Å². The summed E-state index contributed by atoms with van der Waals surface area (Å²) in [4.78, 5) is 0. The summed E-state index contributed by atoms with van der Waals surface area (Å²) >= 11 is 2.04. The first kappa shape index (κ1) is 10.9. The summed E-state index contributed by atoms with van der Waals surface area (Å²) in [7, 11) is 0. The quantitative estimate of drug-likeness (QED) is 0.609. The molecule has 0 aliphatic heterocycles. The van der Waals surface area contributed by atoms with Gasteiger partial charge in [-0.15, -0.1) is 0 Å². The van der Waals surface area contributed by atoms with E-state index in [9.17, 15) is 0 Å². The molecule has 1 saturated carbocycles. The summed E-state index contributed by atoms with van der Waals surface area (Å²) in [5.41, 5.74) is 0.441. The Bertz CT molecular complexity index is 189. The van der Waals surface area contributed by atoms with E-state index in [1.807, 2.05) is 11.8 Å². The molecule has 0 aromatic carbocycles. The van der Waals surface area contributed by atoms with Gasteiger partial charge in [-0.3, -0.25) is 0 Å².